The van der Waals surface area contributed by atoms with Crippen LogP contribution in [0.3, 0.4) is 0 Å². The van der Waals surface area contributed by atoms with Gasteiger partial charge in [-0.05, 0) is 68.9 Å². The van der Waals surface area contributed by atoms with Crippen molar-refractivity contribution in [2.75, 3.05) is 62.5 Å². The molecule has 1 amide bonds. The standard InChI is InChI=1S/C32H37FN8O3/c1-4-31(43)36-25-20-26(28(44-3)21-27(25)40-15-6-14-39(2)16-17-40)35-29-19-24(12-13-34-29)41-30(7-5-18-42)37-38-32(41)22-8-10-23(33)11-9-22/h4,8-13,19-21,42H,1,5-7,14-18H2,2-3H3,(H,34,35)(H,36,43). The van der Waals surface area contributed by atoms with Crippen molar-refractivity contribution < 1.29 is 19.0 Å². The third kappa shape index (κ3) is 7.04. The topological polar surface area (TPSA) is 121 Å². The fourth-order valence-electron chi connectivity index (χ4n) is 5.21. The number of hydrogen-bond donors (Lipinski definition) is 3. The van der Waals surface area contributed by atoms with Crippen molar-refractivity contribution in [2.24, 2.45) is 0 Å². The van der Waals surface area contributed by atoms with Gasteiger partial charge >= 0.3 is 0 Å². The van der Waals surface area contributed by atoms with Crippen LogP contribution in [0.25, 0.3) is 17.1 Å². The van der Waals surface area contributed by atoms with Gasteiger partial charge in [0.2, 0.25) is 5.91 Å². The van der Waals surface area contributed by atoms with Gasteiger partial charge in [-0.1, -0.05) is 6.58 Å². The quantitative estimate of drug-likeness (QED) is 0.215. The maximum Gasteiger partial charge on any atom is 0.247 e. The first-order chi connectivity index (χ1) is 21.4. The first-order valence-corrected chi connectivity index (χ1v) is 14.5. The number of aliphatic hydroxyl groups excluding tert-OH is 1. The lowest BCUT2D eigenvalue weighted by Gasteiger charge is -2.27. The Bertz CT molecular complexity index is 1610. The maximum absolute atomic E-state index is 13.7. The number of pyridine rings is 1. The van der Waals surface area contributed by atoms with Crippen LogP contribution in [0, 0.1) is 5.82 Å². The Hall–Kier alpha value is -4.81. The van der Waals surface area contributed by atoms with Gasteiger partial charge in [0.15, 0.2) is 5.82 Å². The third-order valence-electron chi connectivity index (χ3n) is 7.48. The number of aromatic nitrogens is 4. The Balaban J connectivity index is 1.52. The predicted octanol–water partition coefficient (Wildman–Crippen LogP) is 4.41. The van der Waals surface area contributed by atoms with Crippen molar-refractivity contribution in [3.8, 4) is 22.8 Å². The van der Waals surface area contributed by atoms with E-state index >= 15 is 0 Å². The number of anilines is 4. The molecule has 2 aromatic carbocycles. The SMILES string of the molecule is C=CC(=O)Nc1cc(Nc2cc(-n3c(CCCO)nnc3-c3ccc(F)cc3)ccn2)c(OC)cc1N1CCCN(C)CC1. The van der Waals surface area contributed by atoms with Crippen LogP contribution in [0.15, 0.2) is 67.4 Å². The summed E-state index contributed by atoms with van der Waals surface area (Å²) in [6.07, 6.45) is 4.90. The number of likely N-dealkylation sites (N-methyl/N-ethyl adjacent to an activating group) is 1. The molecule has 2 aromatic heterocycles. The monoisotopic (exact) mass is 600 g/mol. The number of rotatable bonds is 11. The highest BCUT2D eigenvalue weighted by molar-refractivity contribution is 6.02. The number of ether oxygens (including phenoxy) is 1. The summed E-state index contributed by atoms with van der Waals surface area (Å²) in [5.41, 5.74) is 3.52. The molecule has 0 atom stereocenters. The normalized spacial score (nSPS) is 13.8. The summed E-state index contributed by atoms with van der Waals surface area (Å²) in [4.78, 5) is 21.5. The van der Waals surface area contributed by atoms with Crippen LogP contribution < -0.4 is 20.3 Å². The van der Waals surface area contributed by atoms with E-state index in [9.17, 15) is 14.3 Å². The number of nitrogens with zero attached hydrogens (tertiary/aromatic N) is 6. The summed E-state index contributed by atoms with van der Waals surface area (Å²) in [5, 5.41) is 24.5. The van der Waals surface area contributed by atoms with E-state index in [4.69, 9.17) is 4.74 Å². The lowest BCUT2D eigenvalue weighted by Crippen LogP contribution is -2.29. The number of carbonyl (C=O) groups is 1. The Kier molecular flexibility index (Phi) is 9.82. The van der Waals surface area contributed by atoms with Crippen LogP contribution in [0.4, 0.5) is 27.3 Å². The molecule has 3 N–H and O–H groups in total. The molecule has 11 nitrogen and oxygen atoms in total. The number of halogens is 1. The highest BCUT2D eigenvalue weighted by atomic mass is 19.1. The minimum Gasteiger partial charge on any atom is -0.494 e. The second-order valence-electron chi connectivity index (χ2n) is 10.5. The highest BCUT2D eigenvalue weighted by Gasteiger charge is 2.21. The molecule has 3 heterocycles. The van der Waals surface area contributed by atoms with Crippen LogP contribution in [-0.2, 0) is 11.2 Å². The molecule has 44 heavy (non-hydrogen) atoms. The van der Waals surface area contributed by atoms with Crippen molar-refractivity contribution in [1.29, 1.82) is 0 Å². The fraction of sp³-hybridized carbons (Fsp3) is 0.312. The average molecular weight is 601 g/mol. The van der Waals surface area contributed by atoms with Crippen LogP contribution in [0.2, 0.25) is 0 Å². The van der Waals surface area contributed by atoms with Crippen LogP contribution >= 0.6 is 0 Å². The second-order valence-corrected chi connectivity index (χ2v) is 10.5. The maximum atomic E-state index is 13.7. The van der Waals surface area contributed by atoms with E-state index in [1.807, 2.05) is 28.8 Å². The summed E-state index contributed by atoms with van der Waals surface area (Å²) in [6.45, 7) is 7.17. The fourth-order valence-corrected chi connectivity index (χ4v) is 5.21. The highest BCUT2D eigenvalue weighted by Crippen LogP contribution is 2.39. The minimum atomic E-state index is -0.345. The van der Waals surface area contributed by atoms with E-state index in [1.165, 1.54) is 18.2 Å². The number of aliphatic hydroxyl groups is 1. The molecule has 0 spiro atoms. The first-order valence-electron chi connectivity index (χ1n) is 14.5. The first kappa shape index (κ1) is 30.6. The van der Waals surface area contributed by atoms with Gasteiger partial charge in [0.05, 0.1) is 29.9 Å². The summed E-state index contributed by atoms with van der Waals surface area (Å²) >= 11 is 0. The molecule has 1 aliphatic heterocycles. The summed E-state index contributed by atoms with van der Waals surface area (Å²) < 4.78 is 21.3. The zero-order valence-corrected chi connectivity index (χ0v) is 25.0. The molecular weight excluding hydrogens is 563 g/mol. The third-order valence-corrected chi connectivity index (χ3v) is 7.48. The molecule has 12 heteroatoms. The Morgan fingerprint density at radius 3 is 2.66 bits per heavy atom. The number of methoxy groups -OCH3 is 1. The van der Waals surface area contributed by atoms with E-state index < -0.39 is 0 Å². The molecule has 0 aliphatic carbocycles. The number of amides is 1. The van der Waals surface area contributed by atoms with Gasteiger partial charge in [-0.3, -0.25) is 9.36 Å². The van der Waals surface area contributed by atoms with Gasteiger partial charge in [-0.15, -0.1) is 10.2 Å². The molecule has 1 fully saturated rings. The summed E-state index contributed by atoms with van der Waals surface area (Å²) in [7, 11) is 3.71. The molecule has 0 radical (unpaired) electrons. The molecule has 0 saturated carbocycles. The molecule has 230 valence electrons. The largest absolute Gasteiger partial charge is 0.494 e. The summed E-state index contributed by atoms with van der Waals surface area (Å²) in [6, 6.07) is 13.5. The molecule has 5 rings (SSSR count). The van der Waals surface area contributed by atoms with E-state index in [0.29, 0.717) is 53.0 Å². The van der Waals surface area contributed by atoms with Gasteiger partial charge in [0.1, 0.15) is 23.2 Å². The van der Waals surface area contributed by atoms with Crippen molar-refractivity contribution >= 4 is 28.8 Å². The molecule has 0 unspecified atom stereocenters. The smallest absolute Gasteiger partial charge is 0.247 e. The zero-order valence-electron chi connectivity index (χ0n) is 25.0. The lowest BCUT2D eigenvalue weighted by atomic mass is 10.1. The summed E-state index contributed by atoms with van der Waals surface area (Å²) in [5.74, 6) is 1.62. The van der Waals surface area contributed by atoms with Gasteiger partial charge in [0.25, 0.3) is 0 Å². The van der Waals surface area contributed by atoms with Crippen molar-refractivity contribution in [3.05, 3.63) is 79.0 Å². The lowest BCUT2D eigenvalue weighted by molar-refractivity contribution is -0.111. The molecule has 0 bridgehead atoms. The molecule has 4 aromatic rings. The van der Waals surface area contributed by atoms with Gasteiger partial charge < -0.3 is 30.3 Å². The second kappa shape index (κ2) is 14.1. The van der Waals surface area contributed by atoms with E-state index in [1.54, 1.807) is 25.4 Å². The van der Waals surface area contributed by atoms with Crippen molar-refractivity contribution in [1.82, 2.24) is 24.6 Å². The molecule has 1 aliphatic rings. The van der Waals surface area contributed by atoms with Gasteiger partial charge in [-0.25, -0.2) is 9.37 Å². The van der Waals surface area contributed by atoms with Gasteiger partial charge in [0, 0.05) is 56.6 Å². The van der Waals surface area contributed by atoms with Crippen molar-refractivity contribution in [3.63, 3.8) is 0 Å². The Labute approximate surface area is 256 Å². The van der Waals surface area contributed by atoms with Crippen LogP contribution in [-0.4, -0.2) is 82.6 Å². The number of nitrogens with one attached hydrogen (secondary N) is 2. The van der Waals surface area contributed by atoms with E-state index in [2.05, 4.69) is 49.2 Å². The Morgan fingerprint density at radius 2 is 1.91 bits per heavy atom. The number of benzene rings is 2. The van der Waals surface area contributed by atoms with Gasteiger partial charge in [-0.2, -0.15) is 0 Å². The predicted molar refractivity (Wildman–Crippen MR) is 169 cm³/mol. The number of hydrogen-bond acceptors (Lipinski definition) is 9. The van der Waals surface area contributed by atoms with E-state index in [0.717, 1.165) is 44.0 Å². The van der Waals surface area contributed by atoms with Crippen LogP contribution in [0.5, 0.6) is 5.75 Å². The number of aryl methyl sites for hydroxylation is 1. The number of carbonyl (C=O) groups excluding carboxylic acids is 1. The minimum absolute atomic E-state index is 0.0105. The average Bonchev–Trinajstić information content (AvgIpc) is 3.34. The van der Waals surface area contributed by atoms with Crippen LogP contribution in [0.1, 0.15) is 18.7 Å². The Morgan fingerprint density at radius 1 is 1.09 bits per heavy atom. The van der Waals surface area contributed by atoms with E-state index in [-0.39, 0.29) is 18.3 Å². The molecule has 1 saturated heterocycles. The molecular formula is C32H37FN8O3. The zero-order chi connectivity index (χ0) is 31.1. The van der Waals surface area contributed by atoms with Crippen molar-refractivity contribution in [2.45, 2.75) is 19.3 Å².